The Balaban J connectivity index is 1.80. The first-order valence-electron chi connectivity index (χ1n) is 9.86. The molecule has 198 valence electrons. The van der Waals surface area contributed by atoms with E-state index in [1.54, 1.807) is 0 Å². The van der Waals surface area contributed by atoms with Crippen LogP contribution in [0.3, 0.4) is 0 Å². The Morgan fingerprint density at radius 1 is 0.947 bits per heavy atom. The van der Waals surface area contributed by atoms with E-state index in [1.807, 2.05) is 0 Å². The molecular weight excluding hydrogens is 574 g/mol. The van der Waals surface area contributed by atoms with Crippen molar-refractivity contribution in [3.8, 4) is 5.75 Å². The van der Waals surface area contributed by atoms with Gasteiger partial charge in [-0.25, -0.2) is 0 Å². The molecule has 0 unspecified atom stereocenters. The molecule has 4 rings (SSSR count). The summed E-state index contributed by atoms with van der Waals surface area (Å²) in [5.41, 5.74) is 5.13. The topological polar surface area (TPSA) is 218 Å². The maximum absolute atomic E-state index is 13.6. The molecule has 0 fully saturated rings. The second-order valence-electron chi connectivity index (χ2n) is 7.45. The lowest BCUT2D eigenvalue weighted by atomic mass is 10.1. The number of rotatable bonds is 6. The molecule has 0 radical (unpaired) electrons. The van der Waals surface area contributed by atoms with Gasteiger partial charge in [0, 0.05) is 11.8 Å². The third-order valence-corrected chi connectivity index (χ3v) is 6.96. The standard InChI is InChI=1S/C20H13ClF2N6O7S2/c21-16-18(22)26-20(23)27-19(16)25-9-2-4-12(14(6-9)38(34,35)36)28-29-17-11(24)3-1-8-5-10(37(31,32)33)7-13(30)15(8)17/h1-7,30H,24H2,(H,25,26,27)(H,31,32,33)(H,34,35,36)/b29-28+. The van der Waals surface area contributed by atoms with Gasteiger partial charge in [0.2, 0.25) is 5.95 Å². The average molecular weight is 587 g/mol. The molecule has 18 heteroatoms. The van der Waals surface area contributed by atoms with Gasteiger partial charge in [0.05, 0.1) is 16.0 Å². The van der Waals surface area contributed by atoms with Crippen molar-refractivity contribution >= 4 is 71.2 Å². The quantitative estimate of drug-likeness (QED) is 0.0696. The van der Waals surface area contributed by atoms with Crippen molar-refractivity contribution in [2.24, 2.45) is 10.2 Å². The average Bonchev–Trinajstić information content (AvgIpc) is 2.81. The van der Waals surface area contributed by atoms with Crippen LogP contribution in [0.4, 0.5) is 37.3 Å². The van der Waals surface area contributed by atoms with Crippen molar-refractivity contribution in [3.05, 3.63) is 59.5 Å². The Kier molecular flexibility index (Phi) is 6.89. The van der Waals surface area contributed by atoms with Crippen LogP contribution in [0.15, 0.2) is 62.5 Å². The zero-order valence-corrected chi connectivity index (χ0v) is 20.7. The summed E-state index contributed by atoms with van der Waals surface area (Å²) in [5, 5.41) is 19.8. The van der Waals surface area contributed by atoms with Gasteiger partial charge in [-0.2, -0.15) is 35.6 Å². The van der Waals surface area contributed by atoms with E-state index < -0.39 is 64.3 Å². The Labute approximate surface area is 217 Å². The Bertz CT molecular complexity index is 1870. The van der Waals surface area contributed by atoms with E-state index in [1.165, 1.54) is 18.2 Å². The lowest BCUT2D eigenvalue weighted by Gasteiger charge is -2.11. The summed E-state index contributed by atoms with van der Waals surface area (Å²) in [5.74, 6) is -2.54. The molecular formula is C20H13ClF2N6O7S2. The van der Waals surface area contributed by atoms with E-state index in [-0.39, 0.29) is 27.8 Å². The summed E-state index contributed by atoms with van der Waals surface area (Å²) in [6, 6.07) is 7.53. The molecule has 0 amide bonds. The minimum absolute atomic E-state index is 0.0506. The van der Waals surface area contributed by atoms with E-state index in [9.17, 15) is 39.8 Å². The molecule has 0 spiro atoms. The maximum Gasteiger partial charge on any atom is 0.313 e. The first-order valence-corrected chi connectivity index (χ1v) is 13.1. The second kappa shape index (κ2) is 9.69. The molecule has 6 N–H and O–H groups in total. The van der Waals surface area contributed by atoms with Crippen LogP contribution >= 0.6 is 11.6 Å². The van der Waals surface area contributed by atoms with E-state index in [4.69, 9.17) is 17.3 Å². The number of nitrogens with two attached hydrogens (primary N) is 1. The van der Waals surface area contributed by atoms with Crippen molar-refractivity contribution in [3.63, 3.8) is 0 Å². The molecule has 1 heterocycles. The predicted molar refractivity (Wildman–Crippen MR) is 131 cm³/mol. The molecule has 3 aromatic carbocycles. The van der Waals surface area contributed by atoms with E-state index in [0.717, 1.165) is 24.3 Å². The predicted octanol–water partition coefficient (Wildman–Crippen LogP) is 4.50. The number of nitrogens with zero attached hydrogens (tertiary/aromatic N) is 4. The largest absolute Gasteiger partial charge is 0.507 e. The molecule has 13 nitrogen and oxygen atoms in total. The number of nitrogen functional groups attached to an aromatic ring is 1. The molecule has 1 aromatic heterocycles. The first-order chi connectivity index (χ1) is 17.6. The maximum atomic E-state index is 13.6. The number of halogens is 3. The van der Waals surface area contributed by atoms with Crippen LogP contribution in [0, 0.1) is 12.0 Å². The van der Waals surface area contributed by atoms with Gasteiger partial charge >= 0.3 is 6.08 Å². The van der Waals surface area contributed by atoms with Crippen LogP contribution in [0.5, 0.6) is 5.75 Å². The summed E-state index contributed by atoms with van der Waals surface area (Å²) < 4.78 is 92.9. The highest BCUT2D eigenvalue weighted by molar-refractivity contribution is 7.86. The van der Waals surface area contributed by atoms with E-state index in [2.05, 4.69) is 25.5 Å². The van der Waals surface area contributed by atoms with Gasteiger partial charge in [0.25, 0.3) is 20.2 Å². The van der Waals surface area contributed by atoms with Gasteiger partial charge < -0.3 is 16.2 Å². The molecule has 0 atom stereocenters. The molecule has 0 aliphatic rings. The van der Waals surface area contributed by atoms with Crippen LogP contribution in [-0.4, -0.2) is 41.0 Å². The van der Waals surface area contributed by atoms with Gasteiger partial charge in [0.1, 0.15) is 27.0 Å². The summed E-state index contributed by atoms with van der Waals surface area (Å²) in [6.45, 7) is 0. The molecule has 0 saturated heterocycles. The van der Waals surface area contributed by atoms with E-state index >= 15 is 0 Å². The van der Waals surface area contributed by atoms with E-state index in [0.29, 0.717) is 0 Å². The third-order valence-electron chi connectivity index (χ3n) is 4.91. The molecule has 0 saturated carbocycles. The number of aromatic nitrogens is 2. The fourth-order valence-corrected chi connectivity index (χ4v) is 4.59. The number of aromatic hydroxyl groups is 1. The SMILES string of the molecule is Nc1ccc2cc(S(=O)(=O)O)cc(O)c2c1/N=N/c1ccc(Nc2nc(F)nc(F)c2Cl)cc1S(=O)(=O)O. The zero-order valence-electron chi connectivity index (χ0n) is 18.3. The Hall–Kier alpha value is -4.03. The fraction of sp³-hybridized carbons (Fsp3) is 0. The van der Waals surface area contributed by atoms with Gasteiger partial charge in [-0.3, -0.25) is 9.11 Å². The summed E-state index contributed by atoms with van der Waals surface area (Å²) in [6.07, 6.45) is -1.45. The Morgan fingerprint density at radius 3 is 2.32 bits per heavy atom. The van der Waals surface area contributed by atoms with Crippen molar-refractivity contribution < 1.29 is 39.8 Å². The minimum atomic E-state index is -4.94. The number of phenols is 1. The highest BCUT2D eigenvalue weighted by Gasteiger charge is 2.20. The number of fused-ring (bicyclic) bond motifs is 1. The summed E-state index contributed by atoms with van der Waals surface area (Å²) in [7, 11) is -9.60. The molecule has 0 aliphatic heterocycles. The number of benzene rings is 3. The smallest absolute Gasteiger partial charge is 0.313 e. The van der Waals surface area contributed by atoms with Crippen molar-refractivity contribution in [1.82, 2.24) is 9.97 Å². The van der Waals surface area contributed by atoms with Crippen molar-refractivity contribution in [2.75, 3.05) is 11.1 Å². The number of hydrogen-bond acceptors (Lipinski definition) is 11. The van der Waals surface area contributed by atoms with Crippen LogP contribution < -0.4 is 11.1 Å². The normalized spacial score (nSPS) is 12.3. The Morgan fingerprint density at radius 2 is 1.66 bits per heavy atom. The highest BCUT2D eigenvalue weighted by atomic mass is 35.5. The monoisotopic (exact) mass is 586 g/mol. The molecule has 0 bridgehead atoms. The van der Waals surface area contributed by atoms with Crippen LogP contribution in [0.25, 0.3) is 10.8 Å². The minimum Gasteiger partial charge on any atom is -0.507 e. The van der Waals surface area contributed by atoms with Crippen molar-refractivity contribution in [1.29, 1.82) is 0 Å². The van der Waals surface area contributed by atoms with Gasteiger partial charge in [0.15, 0.2) is 5.82 Å². The fourth-order valence-electron chi connectivity index (χ4n) is 3.27. The summed E-state index contributed by atoms with van der Waals surface area (Å²) in [4.78, 5) is 4.68. The van der Waals surface area contributed by atoms with Crippen LogP contribution in [-0.2, 0) is 20.2 Å². The summed E-state index contributed by atoms with van der Waals surface area (Å²) >= 11 is 5.69. The third kappa shape index (κ3) is 5.46. The lowest BCUT2D eigenvalue weighted by molar-refractivity contribution is 0.471. The zero-order chi connectivity index (χ0) is 28.0. The number of phenolic OH excluding ortho intramolecular Hbond substituents is 1. The number of azo groups is 1. The van der Waals surface area contributed by atoms with Crippen LogP contribution in [0.2, 0.25) is 5.02 Å². The lowest BCUT2D eigenvalue weighted by Crippen LogP contribution is -2.04. The second-order valence-corrected chi connectivity index (χ2v) is 10.6. The molecule has 4 aromatic rings. The first kappa shape index (κ1) is 27.0. The van der Waals surface area contributed by atoms with Gasteiger partial charge in [-0.15, -0.1) is 10.2 Å². The highest BCUT2D eigenvalue weighted by Crippen LogP contribution is 2.41. The number of nitrogens with one attached hydrogen (secondary N) is 1. The molecule has 0 aliphatic carbocycles. The number of anilines is 3. The van der Waals surface area contributed by atoms with Crippen LogP contribution in [0.1, 0.15) is 0 Å². The van der Waals surface area contributed by atoms with Gasteiger partial charge in [-0.05, 0) is 35.7 Å². The van der Waals surface area contributed by atoms with Gasteiger partial charge in [-0.1, -0.05) is 17.7 Å². The van der Waals surface area contributed by atoms with Crippen molar-refractivity contribution in [2.45, 2.75) is 9.79 Å². The number of hydrogen-bond donors (Lipinski definition) is 5. The molecule has 38 heavy (non-hydrogen) atoms.